The lowest BCUT2D eigenvalue weighted by atomic mass is 9.87. The van der Waals surface area contributed by atoms with Crippen LogP contribution >= 0.6 is 0 Å². The number of aliphatic hydroxyl groups is 1. The minimum absolute atomic E-state index is 0.122. The minimum atomic E-state index is -4.84. The molecule has 0 bridgehead atoms. The number of hydrogen-bond donors (Lipinski definition) is 1. The van der Waals surface area contributed by atoms with Crippen LogP contribution < -0.4 is 0 Å². The summed E-state index contributed by atoms with van der Waals surface area (Å²) in [5.74, 6) is 0. The molecular weight excluding hydrogens is 417 g/mol. The Bertz CT molecular complexity index is 699. The summed E-state index contributed by atoms with van der Waals surface area (Å²) in [5.41, 5.74) is -0.622. The maximum Gasteiger partial charge on any atom is 0.427 e. The number of carbonyl (C=O) groups is 1. The number of likely N-dealkylation sites (tertiary alicyclic amines) is 1. The van der Waals surface area contributed by atoms with Gasteiger partial charge in [-0.2, -0.15) is 17.5 Å². The lowest BCUT2D eigenvalue weighted by Gasteiger charge is -2.39. The SMILES string of the molecule is CN([C@H]1COC2(CCN(C(=O)OC(CO)C(F)(F)F)CC2)C1)S(=O)(=O)C(C)(C)C. The van der Waals surface area contributed by atoms with Gasteiger partial charge in [0.15, 0.2) is 0 Å². The van der Waals surface area contributed by atoms with Crippen molar-refractivity contribution in [1.82, 2.24) is 9.21 Å². The van der Waals surface area contributed by atoms with Gasteiger partial charge >= 0.3 is 12.3 Å². The molecule has 29 heavy (non-hydrogen) atoms. The van der Waals surface area contributed by atoms with Crippen molar-refractivity contribution in [2.45, 2.75) is 68.7 Å². The van der Waals surface area contributed by atoms with Gasteiger partial charge in [-0.05, 0) is 40.0 Å². The lowest BCUT2D eigenvalue weighted by molar-refractivity contribution is -0.215. The van der Waals surface area contributed by atoms with E-state index in [9.17, 15) is 26.4 Å². The zero-order chi connectivity index (χ0) is 22.3. The molecule has 0 saturated carbocycles. The Hall–Kier alpha value is -1.11. The second kappa shape index (κ2) is 8.20. The summed E-state index contributed by atoms with van der Waals surface area (Å²) in [6.07, 6.45) is -7.38. The molecule has 1 unspecified atom stereocenters. The number of ether oxygens (including phenoxy) is 2. The Morgan fingerprint density at radius 1 is 1.31 bits per heavy atom. The lowest BCUT2D eigenvalue weighted by Crippen LogP contribution is -2.50. The molecule has 0 aromatic heterocycles. The van der Waals surface area contributed by atoms with E-state index >= 15 is 0 Å². The predicted octanol–water partition coefficient (Wildman–Crippen LogP) is 1.73. The van der Waals surface area contributed by atoms with E-state index < -0.39 is 45.4 Å². The third-order valence-corrected chi connectivity index (χ3v) is 8.17. The van der Waals surface area contributed by atoms with Gasteiger partial charge in [-0.25, -0.2) is 13.2 Å². The van der Waals surface area contributed by atoms with Crippen molar-refractivity contribution in [3.05, 3.63) is 0 Å². The zero-order valence-electron chi connectivity index (χ0n) is 17.0. The fraction of sp³-hybridized carbons (Fsp3) is 0.941. The molecule has 2 aliphatic heterocycles. The molecule has 0 aromatic rings. The van der Waals surface area contributed by atoms with Crippen LogP contribution in [0.4, 0.5) is 18.0 Å². The first kappa shape index (κ1) is 24.2. The Morgan fingerprint density at radius 2 is 1.86 bits per heavy atom. The second-order valence-electron chi connectivity index (χ2n) is 8.57. The third-order valence-electron chi connectivity index (χ3n) is 5.56. The van der Waals surface area contributed by atoms with E-state index in [1.165, 1.54) is 11.4 Å². The summed E-state index contributed by atoms with van der Waals surface area (Å²) in [6.45, 7) is 3.98. The number of halogens is 3. The average Bonchev–Trinajstić information content (AvgIpc) is 3.00. The Kier molecular flexibility index (Phi) is 6.83. The van der Waals surface area contributed by atoms with Crippen LogP contribution in [0.5, 0.6) is 0 Å². The van der Waals surface area contributed by atoms with Crippen molar-refractivity contribution in [3.8, 4) is 0 Å². The largest absolute Gasteiger partial charge is 0.434 e. The topological polar surface area (TPSA) is 96.4 Å². The van der Waals surface area contributed by atoms with Gasteiger partial charge in [-0.15, -0.1) is 0 Å². The van der Waals surface area contributed by atoms with E-state index in [-0.39, 0.29) is 25.7 Å². The monoisotopic (exact) mass is 446 g/mol. The van der Waals surface area contributed by atoms with Crippen molar-refractivity contribution >= 4 is 16.1 Å². The number of hydrogen-bond acceptors (Lipinski definition) is 6. The molecular formula is C17H29F3N2O6S. The van der Waals surface area contributed by atoms with E-state index in [0.29, 0.717) is 19.3 Å². The van der Waals surface area contributed by atoms with Gasteiger partial charge in [0, 0.05) is 20.1 Å². The molecule has 2 fully saturated rings. The molecule has 1 amide bonds. The summed E-state index contributed by atoms with van der Waals surface area (Å²) >= 11 is 0. The molecule has 2 saturated heterocycles. The van der Waals surface area contributed by atoms with Gasteiger partial charge in [-0.1, -0.05) is 0 Å². The number of sulfonamides is 1. The van der Waals surface area contributed by atoms with Crippen molar-refractivity contribution < 1.29 is 41.0 Å². The van der Waals surface area contributed by atoms with Crippen LogP contribution in [0.2, 0.25) is 0 Å². The molecule has 2 rings (SSSR count). The average molecular weight is 446 g/mol. The van der Waals surface area contributed by atoms with Crippen molar-refractivity contribution in [3.63, 3.8) is 0 Å². The van der Waals surface area contributed by atoms with Crippen molar-refractivity contribution in [2.24, 2.45) is 0 Å². The molecule has 0 aromatic carbocycles. The molecule has 170 valence electrons. The highest BCUT2D eigenvalue weighted by atomic mass is 32.2. The first-order valence-electron chi connectivity index (χ1n) is 9.38. The number of piperidine rings is 1. The second-order valence-corrected chi connectivity index (χ2v) is 11.3. The predicted molar refractivity (Wildman–Crippen MR) is 97.7 cm³/mol. The number of rotatable bonds is 4. The molecule has 0 radical (unpaired) electrons. The van der Waals surface area contributed by atoms with Gasteiger partial charge in [-0.3, -0.25) is 0 Å². The van der Waals surface area contributed by atoms with Crippen LogP contribution in [0.15, 0.2) is 0 Å². The van der Waals surface area contributed by atoms with Gasteiger partial charge in [0.05, 0.1) is 29.6 Å². The van der Waals surface area contributed by atoms with E-state index in [1.54, 1.807) is 20.8 Å². The minimum Gasteiger partial charge on any atom is -0.434 e. The van der Waals surface area contributed by atoms with E-state index in [1.807, 2.05) is 0 Å². The maximum atomic E-state index is 12.7. The van der Waals surface area contributed by atoms with Gasteiger partial charge in [0.1, 0.15) is 0 Å². The number of aliphatic hydroxyl groups excluding tert-OH is 1. The summed E-state index contributed by atoms with van der Waals surface area (Å²) in [6, 6.07) is -0.346. The quantitative estimate of drug-likeness (QED) is 0.707. The van der Waals surface area contributed by atoms with Crippen molar-refractivity contribution in [2.75, 3.05) is 33.4 Å². The van der Waals surface area contributed by atoms with E-state index in [2.05, 4.69) is 4.74 Å². The Balaban J connectivity index is 1.95. The maximum absolute atomic E-state index is 12.7. The normalized spacial score (nSPS) is 24.2. The van der Waals surface area contributed by atoms with Crippen LogP contribution in [0.3, 0.4) is 0 Å². The number of alkyl halides is 3. The van der Waals surface area contributed by atoms with Gasteiger partial charge in [0.25, 0.3) is 0 Å². The Morgan fingerprint density at radius 3 is 2.31 bits per heavy atom. The van der Waals surface area contributed by atoms with Crippen LogP contribution in [0, 0.1) is 0 Å². The molecule has 1 N–H and O–H groups in total. The highest BCUT2D eigenvalue weighted by Gasteiger charge is 2.49. The fourth-order valence-corrected chi connectivity index (χ4v) is 4.92. The third kappa shape index (κ3) is 5.15. The summed E-state index contributed by atoms with van der Waals surface area (Å²) in [5, 5.41) is 8.79. The van der Waals surface area contributed by atoms with Crippen LogP contribution in [0.25, 0.3) is 0 Å². The first-order valence-corrected chi connectivity index (χ1v) is 10.8. The summed E-state index contributed by atoms with van der Waals surface area (Å²) < 4.78 is 73.9. The molecule has 8 nitrogen and oxygen atoms in total. The zero-order valence-corrected chi connectivity index (χ0v) is 17.8. The number of nitrogens with zero attached hydrogens (tertiary/aromatic N) is 2. The summed E-state index contributed by atoms with van der Waals surface area (Å²) in [4.78, 5) is 13.1. The van der Waals surface area contributed by atoms with E-state index in [0.717, 1.165) is 4.90 Å². The molecule has 2 heterocycles. The molecule has 1 spiro atoms. The molecule has 0 aliphatic carbocycles. The van der Waals surface area contributed by atoms with Crippen LogP contribution in [-0.2, 0) is 19.5 Å². The standard InChI is InChI=1S/C17H29F3N2O6S/c1-15(2,3)29(25,26)21(4)12-9-16(27-11-12)5-7-22(8-6-16)14(24)28-13(10-23)17(18,19)20/h12-13,23H,5-11H2,1-4H3/t12-,13?/m1/s1. The van der Waals surface area contributed by atoms with Gasteiger partial charge in [0.2, 0.25) is 16.1 Å². The van der Waals surface area contributed by atoms with Crippen LogP contribution in [-0.4, -0.2) is 90.8 Å². The van der Waals surface area contributed by atoms with Crippen LogP contribution in [0.1, 0.15) is 40.0 Å². The smallest absolute Gasteiger partial charge is 0.427 e. The number of carbonyl (C=O) groups excluding carboxylic acids is 1. The summed E-state index contributed by atoms with van der Waals surface area (Å²) in [7, 11) is -2.01. The van der Waals surface area contributed by atoms with Crippen molar-refractivity contribution in [1.29, 1.82) is 0 Å². The highest BCUT2D eigenvalue weighted by molar-refractivity contribution is 7.90. The number of likely N-dealkylation sites (N-methyl/N-ethyl adjacent to an activating group) is 1. The molecule has 2 atom stereocenters. The first-order chi connectivity index (χ1) is 13.1. The highest BCUT2D eigenvalue weighted by Crippen LogP contribution is 2.39. The van der Waals surface area contributed by atoms with Gasteiger partial charge < -0.3 is 19.5 Å². The van der Waals surface area contributed by atoms with E-state index in [4.69, 9.17) is 9.84 Å². The molecule has 12 heteroatoms. The fourth-order valence-electron chi connectivity index (χ4n) is 3.53. The number of amides is 1. The molecule has 2 aliphatic rings. The Labute approximate surface area is 169 Å².